The fraction of sp³-hybridized carbons (Fsp3) is 0.154. The zero-order chi connectivity index (χ0) is 15.4. The van der Waals surface area contributed by atoms with E-state index in [1.807, 2.05) is 0 Å². The molecule has 21 heavy (non-hydrogen) atoms. The van der Waals surface area contributed by atoms with Crippen LogP contribution in [0.5, 0.6) is 0 Å². The van der Waals surface area contributed by atoms with Crippen molar-refractivity contribution in [1.29, 1.82) is 0 Å². The minimum absolute atomic E-state index is 0.0257. The van der Waals surface area contributed by atoms with Gasteiger partial charge < -0.3 is 10.4 Å². The van der Waals surface area contributed by atoms with Crippen LogP contribution in [0.15, 0.2) is 23.6 Å². The van der Waals surface area contributed by atoms with E-state index in [1.165, 1.54) is 34.9 Å². The Morgan fingerprint density at radius 3 is 2.86 bits per heavy atom. The first-order valence-corrected chi connectivity index (χ1v) is 7.14. The highest BCUT2D eigenvalue weighted by Gasteiger charge is 2.14. The molecule has 5 nitrogen and oxygen atoms in total. The van der Waals surface area contributed by atoms with Gasteiger partial charge in [0.2, 0.25) is 0 Å². The summed E-state index contributed by atoms with van der Waals surface area (Å²) >= 11 is 6.79. The minimum atomic E-state index is -1.09. The summed E-state index contributed by atoms with van der Waals surface area (Å²) in [6.07, 6.45) is 0.367. The van der Waals surface area contributed by atoms with Crippen molar-refractivity contribution in [3.63, 3.8) is 0 Å². The predicted octanol–water partition coefficient (Wildman–Crippen LogP) is 2.61. The number of carboxylic acids is 1. The average molecular weight is 329 g/mol. The number of nitrogens with zero attached hydrogens (tertiary/aromatic N) is 1. The molecular weight excluding hydrogens is 319 g/mol. The molecule has 2 N–H and O–H groups in total. The summed E-state index contributed by atoms with van der Waals surface area (Å²) in [4.78, 5) is 26.4. The van der Waals surface area contributed by atoms with Crippen molar-refractivity contribution in [2.75, 3.05) is 6.54 Å². The van der Waals surface area contributed by atoms with E-state index in [2.05, 4.69) is 10.3 Å². The van der Waals surface area contributed by atoms with Gasteiger partial charge in [-0.25, -0.2) is 14.2 Å². The van der Waals surface area contributed by atoms with E-state index in [0.717, 1.165) is 0 Å². The van der Waals surface area contributed by atoms with E-state index < -0.39 is 17.7 Å². The number of carbonyl (C=O) groups excluding carboxylic acids is 1. The smallest absolute Gasteiger partial charge is 0.355 e. The lowest BCUT2D eigenvalue weighted by atomic mass is 10.2. The maximum absolute atomic E-state index is 13.6. The molecule has 0 unspecified atom stereocenters. The zero-order valence-electron chi connectivity index (χ0n) is 10.6. The molecule has 2 rings (SSSR count). The summed E-state index contributed by atoms with van der Waals surface area (Å²) < 4.78 is 13.6. The zero-order valence-corrected chi connectivity index (χ0v) is 12.2. The molecule has 0 spiro atoms. The van der Waals surface area contributed by atoms with E-state index in [9.17, 15) is 14.0 Å². The highest BCUT2D eigenvalue weighted by Crippen LogP contribution is 2.17. The average Bonchev–Trinajstić information content (AvgIpc) is 2.91. The molecule has 0 radical (unpaired) electrons. The summed E-state index contributed by atoms with van der Waals surface area (Å²) in [5.41, 5.74) is -0.157. The number of carboxylic acid groups (broad SMARTS) is 1. The number of nitrogens with one attached hydrogen (secondary N) is 1. The Hall–Kier alpha value is -1.99. The third-order valence-corrected chi connectivity index (χ3v) is 3.79. The van der Waals surface area contributed by atoms with Gasteiger partial charge in [-0.2, -0.15) is 0 Å². The molecule has 0 bridgehead atoms. The van der Waals surface area contributed by atoms with Crippen LogP contribution >= 0.6 is 22.9 Å². The fourth-order valence-electron chi connectivity index (χ4n) is 1.58. The molecule has 2 aromatic rings. The SMILES string of the molecule is O=C(O)c1csc(CCNC(=O)c2cccc(Cl)c2F)n1. The van der Waals surface area contributed by atoms with Crippen molar-refractivity contribution >= 4 is 34.8 Å². The molecule has 1 aromatic carbocycles. The van der Waals surface area contributed by atoms with Gasteiger partial charge in [0.05, 0.1) is 15.6 Å². The van der Waals surface area contributed by atoms with Crippen LogP contribution in [0, 0.1) is 5.82 Å². The first-order valence-electron chi connectivity index (χ1n) is 5.89. The van der Waals surface area contributed by atoms with Gasteiger partial charge in [0, 0.05) is 18.3 Å². The third kappa shape index (κ3) is 3.77. The lowest BCUT2D eigenvalue weighted by Crippen LogP contribution is -2.26. The maximum atomic E-state index is 13.6. The second-order valence-corrected chi connectivity index (χ2v) is 5.39. The number of halogens is 2. The molecule has 1 aromatic heterocycles. The van der Waals surface area contributed by atoms with Gasteiger partial charge >= 0.3 is 5.97 Å². The standard InChI is InChI=1S/C13H10ClFN2O3S/c14-8-3-1-2-7(11(8)15)12(18)16-5-4-10-17-9(6-21-10)13(19)20/h1-3,6H,4-5H2,(H,16,18)(H,19,20). The van der Waals surface area contributed by atoms with Gasteiger partial charge in [0.1, 0.15) is 0 Å². The summed E-state index contributed by atoms with van der Waals surface area (Å²) in [5, 5.41) is 13.2. The topological polar surface area (TPSA) is 79.3 Å². The molecule has 0 atom stereocenters. The molecular formula is C13H10ClFN2O3S. The van der Waals surface area contributed by atoms with Crippen molar-refractivity contribution < 1.29 is 19.1 Å². The number of aromatic carboxylic acids is 1. The summed E-state index contributed by atoms with van der Waals surface area (Å²) in [6.45, 7) is 0.220. The van der Waals surface area contributed by atoms with Gasteiger partial charge in [-0.1, -0.05) is 17.7 Å². The second kappa shape index (κ2) is 6.64. The first-order chi connectivity index (χ1) is 9.99. The monoisotopic (exact) mass is 328 g/mol. The van der Waals surface area contributed by atoms with E-state index >= 15 is 0 Å². The van der Waals surface area contributed by atoms with Gasteiger partial charge in [0.15, 0.2) is 11.5 Å². The van der Waals surface area contributed by atoms with Gasteiger partial charge in [-0.05, 0) is 12.1 Å². The molecule has 110 valence electrons. The molecule has 0 fully saturated rings. The fourth-order valence-corrected chi connectivity index (χ4v) is 2.53. The Balaban J connectivity index is 1.92. The number of aromatic nitrogens is 1. The van der Waals surface area contributed by atoms with E-state index in [1.54, 1.807) is 0 Å². The molecule has 0 aliphatic rings. The summed E-state index contributed by atoms with van der Waals surface area (Å²) in [5.74, 6) is -2.44. The number of rotatable bonds is 5. The minimum Gasteiger partial charge on any atom is -0.476 e. The Bertz CT molecular complexity index is 690. The Morgan fingerprint density at radius 2 is 2.19 bits per heavy atom. The highest BCUT2D eigenvalue weighted by molar-refractivity contribution is 7.09. The highest BCUT2D eigenvalue weighted by atomic mass is 35.5. The van der Waals surface area contributed by atoms with Crippen LogP contribution < -0.4 is 5.32 Å². The van der Waals surface area contributed by atoms with Crippen LogP contribution in [-0.2, 0) is 6.42 Å². The number of amides is 1. The van der Waals surface area contributed by atoms with Crippen LogP contribution in [0.2, 0.25) is 5.02 Å². The van der Waals surface area contributed by atoms with Gasteiger partial charge in [0.25, 0.3) is 5.91 Å². The molecule has 0 saturated carbocycles. The number of thiazole rings is 1. The summed E-state index contributed by atoms with van der Waals surface area (Å²) in [7, 11) is 0. The number of hydrogen-bond donors (Lipinski definition) is 2. The van der Waals surface area contributed by atoms with Crippen LogP contribution in [-0.4, -0.2) is 28.5 Å². The van der Waals surface area contributed by atoms with Crippen molar-refractivity contribution in [2.24, 2.45) is 0 Å². The number of carbonyl (C=O) groups is 2. The molecule has 0 saturated heterocycles. The maximum Gasteiger partial charge on any atom is 0.355 e. The van der Waals surface area contributed by atoms with Crippen molar-refractivity contribution in [1.82, 2.24) is 10.3 Å². The normalized spacial score (nSPS) is 10.4. The Morgan fingerprint density at radius 1 is 1.43 bits per heavy atom. The van der Waals surface area contributed by atoms with Gasteiger partial charge in [-0.3, -0.25) is 4.79 Å². The first kappa shape index (κ1) is 15.4. The molecule has 1 amide bonds. The van der Waals surface area contributed by atoms with E-state index in [0.29, 0.717) is 11.4 Å². The predicted molar refractivity (Wildman–Crippen MR) is 76.5 cm³/mol. The van der Waals surface area contributed by atoms with Crippen molar-refractivity contribution in [3.8, 4) is 0 Å². The van der Waals surface area contributed by atoms with E-state index in [-0.39, 0.29) is 22.8 Å². The van der Waals surface area contributed by atoms with Gasteiger partial charge in [-0.15, -0.1) is 11.3 Å². The van der Waals surface area contributed by atoms with Crippen LogP contribution in [0.25, 0.3) is 0 Å². The molecule has 0 aliphatic carbocycles. The van der Waals surface area contributed by atoms with Crippen LogP contribution in [0.4, 0.5) is 4.39 Å². The summed E-state index contributed by atoms with van der Waals surface area (Å²) in [6, 6.07) is 4.18. The third-order valence-electron chi connectivity index (χ3n) is 2.59. The molecule has 0 aliphatic heterocycles. The number of hydrogen-bond acceptors (Lipinski definition) is 4. The van der Waals surface area contributed by atoms with E-state index in [4.69, 9.17) is 16.7 Å². The van der Waals surface area contributed by atoms with Crippen molar-refractivity contribution in [2.45, 2.75) is 6.42 Å². The Labute approximate surface area is 128 Å². The van der Waals surface area contributed by atoms with Crippen LogP contribution in [0.1, 0.15) is 25.9 Å². The second-order valence-electron chi connectivity index (χ2n) is 4.04. The largest absolute Gasteiger partial charge is 0.476 e. The molecule has 1 heterocycles. The molecule has 8 heteroatoms. The Kier molecular flexibility index (Phi) is 4.87. The van der Waals surface area contributed by atoms with Crippen LogP contribution in [0.3, 0.4) is 0 Å². The number of benzene rings is 1. The quantitative estimate of drug-likeness (QED) is 0.884. The lowest BCUT2D eigenvalue weighted by molar-refractivity contribution is 0.0690. The van der Waals surface area contributed by atoms with Crippen molar-refractivity contribution in [3.05, 3.63) is 50.7 Å². The lowest BCUT2D eigenvalue weighted by Gasteiger charge is -2.05.